The van der Waals surface area contributed by atoms with Crippen LogP contribution in [0.15, 0.2) is 60.7 Å². The summed E-state index contributed by atoms with van der Waals surface area (Å²) in [5.41, 5.74) is 2.11. The summed E-state index contributed by atoms with van der Waals surface area (Å²) < 4.78 is 5.43. The molecular weight excluding hydrogens is 350 g/mol. The van der Waals surface area contributed by atoms with Crippen LogP contribution in [0.4, 0.5) is 4.79 Å². The maximum absolute atomic E-state index is 12.3. The van der Waals surface area contributed by atoms with Crippen LogP contribution in [0.25, 0.3) is 0 Å². The van der Waals surface area contributed by atoms with Gasteiger partial charge in [-0.05, 0) is 49.7 Å². The van der Waals surface area contributed by atoms with Gasteiger partial charge in [-0.2, -0.15) is 0 Å². The lowest BCUT2D eigenvalue weighted by Crippen LogP contribution is -2.38. The number of Topliss-reactive ketones (excluding diaryl/α,β-unsaturated/α-hetero) is 1. The number of rotatable bonds is 7. The Morgan fingerprint density at radius 2 is 1.61 bits per heavy atom. The van der Waals surface area contributed by atoms with Gasteiger partial charge in [0.05, 0.1) is 0 Å². The molecule has 2 aromatic carbocycles. The first-order chi connectivity index (χ1) is 13.6. The van der Waals surface area contributed by atoms with Crippen LogP contribution < -0.4 is 0 Å². The zero-order valence-corrected chi connectivity index (χ0v) is 16.5. The maximum Gasteiger partial charge on any atom is 0.410 e. The standard InChI is InChI=1S/C24H29NO3/c1-19(26)23(22-10-6-3-7-11-22)13-12-20-14-16-25(17-15-20)24(27)28-18-21-8-4-2-5-9-21/h2-11,20,23H,12-18H2,1H3/t23-/m0/s1. The monoisotopic (exact) mass is 379 g/mol. The minimum Gasteiger partial charge on any atom is -0.445 e. The van der Waals surface area contributed by atoms with Crippen molar-refractivity contribution in [2.24, 2.45) is 5.92 Å². The van der Waals surface area contributed by atoms with Crippen LogP contribution in [0.3, 0.4) is 0 Å². The van der Waals surface area contributed by atoms with Crippen molar-refractivity contribution in [2.45, 2.75) is 45.1 Å². The molecule has 2 aromatic rings. The van der Waals surface area contributed by atoms with E-state index in [9.17, 15) is 9.59 Å². The zero-order valence-electron chi connectivity index (χ0n) is 16.5. The molecule has 0 unspecified atom stereocenters. The van der Waals surface area contributed by atoms with Crippen LogP contribution in [0.5, 0.6) is 0 Å². The van der Waals surface area contributed by atoms with Crippen molar-refractivity contribution < 1.29 is 14.3 Å². The summed E-state index contributed by atoms with van der Waals surface area (Å²) in [7, 11) is 0. The van der Waals surface area contributed by atoms with E-state index < -0.39 is 0 Å². The van der Waals surface area contributed by atoms with Gasteiger partial charge in [-0.15, -0.1) is 0 Å². The van der Waals surface area contributed by atoms with E-state index in [1.165, 1.54) is 0 Å². The summed E-state index contributed by atoms with van der Waals surface area (Å²) in [6.45, 7) is 3.46. The summed E-state index contributed by atoms with van der Waals surface area (Å²) in [6.07, 6.45) is 3.61. The molecule has 3 rings (SSSR count). The number of nitrogens with zero attached hydrogens (tertiary/aromatic N) is 1. The molecule has 1 fully saturated rings. The zero-order chi connectivity index (χ0) is 19.8. The molecule has 4 heteroatoms. The first-order valence-corrected chi connectivity index (χ1v) is 10.1. The first kappa shape index (κ1) is 20.1. The van der Waals surface area contributed by atoms with Gasteiger partial charge in [0.15, 0.2) is 0 Å². The van der Waals surface area contributed by atoms with Crippen LogP contribution in [0.1, 0.15) is 49.7 Å². The van der Waals surface area contributed by atoms with Crippen molar-refractivity contribution in [3.8, 4) is 0 Å². The third-order valence-corrected chi connectivity index (χ3v) is 5.63. The molecule has 0 N–H and O–H groups in total. The highest BCUT2D eigenvalue weighted by Gasteiger charge is 2.25. The van der Waals surface area contributed by atoms with Crippen molar-refractivity contribution in [1.29, 1.82) is 0 Å². The van der Waals surface area contributed by atoms with E-state index in [4.69, 9.17) is 4.74 Å². The fourth-order valence-corrected chi connectivity index (χ4v) is 3.91. The average molecular weight is 380 g/mol. The smallest absolute Gasteiger partial charge is 0.410 e. The van der Waals surface area contributed by atoms with E-state index in [1.54, 1.807) is 11.8 Å². The van der Waals surface area contributed by atoms with Crippen LogP contribution >= 0.6 is 0 Å². The lowest BCUT2D eigenvalue weighted by atomic mass is 9.84. The number of ketones is 1. The molecule has 28 heavy (non-hydrogen) atoms. The summed E-state index contributed by atoms with van der Waals surface area (Å²) in [6, 6.07) is 19.8. The molecule has 0 saturated carbocycles. The molecule has 148 valence electrons. The molecule has 1 saturated heterocycles. The van der Waals surface area contributed by atoms with Gasteiger partial charge in [0.2, 0.25) is 0 Å². The van der Waals surface area contributed by atoms with Gasteiger partial charge in [-0.1, -0.05) is 60.7 Å². The predicted molar refractivity (Wildman–Crippen MR) is 110 cm³/mol. The number of piperidine rings is 1. The van der Waals surface area contributed by atoms with Gasteiger partial charge in [0.1, 0.15) is 12.4 Å². The molecule has 0 aromatic heterocycles. The average Bonchev–Trinajstić information content (AvgIpc) is 2.74. The highest BCUT2D eigenvalue weighted by molar-refractivity contribution is 5.83. The summed E-state index contributed by atoms with van der Waals surface area (Å²) >= 11 is 0. The van der Waals surface area contributed by atoms with Crippen molar-refractivity contribution in [3.05, 3.63) is 71.8 Å². The molecule has 0 spiro atoms. The lowest BCUT2D eigenvalue weighted by molar-refractivity contribution is -0.118. The third kappa shape index (κ3) is 5.69. The maximum atomic E-state index is 12.3. The Labute approximate surface area is 167 Å². The van der Waals surface area contributed by atoms with E-state index in [1.807, 2.05) is 60.7 Å². The van der Waals surface area contributed by atoms with E-state index in [0.717, 1.165) is 49.9 Å². The van der Waals surface area contributed by atoms with Gasteiger partial charge in [0, 0.05) is 19.0 Å². The van der Waals surface area contributed by atoms with Crippen molar-refractivity contribution in [3.63, 3.8) is 0 Å². The molecular formula is C24H29NO3. The van der Waals surface area contributed by atoms with Crippen LogP contribution in [0.2, 0.25) is 0 Å². The molecule has 0 aliphatic carbocycles. The Balaban J connectivity index is 1.42. The number of carbonyl (C=O) groups is 2. The van der Waals surface area contributed by atoms with Crippen molar-refractivity contribution in [1.82, 2.24) is 4.90 Å². The topological polar surface area (TPSA) is 46.6 Å². The Hall–Kier alpha value is -2.62. The lowest BCUT2D eigenvalue weighted by Gasteiger charge is -2.32. The molecule has 1 aliphatic rings. The van der Waals surface area contributed by atoms with Gasteiger partial charge < -0.3 is 9.64 Å². The minimum atomic E-state index is -0.229. The van der Waals surface area contributed by atoms with Gasteiger partial charge >= 0.3 is 6.09 Å². The van der Waals surface area contributed by atoms with Crippen molar-refractivity contribution >= 4 is 11.9 Å². The highest BCUT2D eigenvalue weighted by Crippen LogP contribution is 2.29. The predicted octanol–water partition coefficient (Wildman–Crippen LogP) is 5.19. The molecule has 1 aliphatic heterocycles. The fraction of sp³-hybridized carbons (Fsp3) is 0.417. The number of hydrogen-bond acceptors (Lipinski definition) is 3. The second kappa shape index (κ2) is 10.1. The number of likely N-dealkylation sites (tertiary alicyclic amines) is 1. The number of carbonyl (C=O) groups excluding carboxylic acids is 2. The fourth-order valence-electron chi connectivity index (χ4n) is 3.91. The molecule has 1 amide bonds. The summed E-state index contributed by atoms with van der Waals surface area (Å²) in [5.74, 6) is 0.770. The van der Waals surface area contributed by atoms with E-state index in [0.29, 0.717) is 12.5 Å². The summed E-state index contributed by atoms with van der Waals surface area (Å²) in [4.78, 5) is 26.2. The third-order valence-electron chi connectivity index (χ3n) is 5.63. The first-order valence-electron chi connectivity index (χ1n) is 10.1. The van der Waals surface area contributed by atoms with Gasteiger partial charge in [-0.25, -0.2) is 4.79 Å². The largest absolute Gasteiger partial charge is 0.445 e. The second-order valence-corrected chi connectivity index (χ2v) is 7.62. The van der Waals surface area contributed by atoms with Gasteiger partial charge in [-0.3, -0.25) is 4.79 Å². The normalized spacial score (nSPS) is 15.8. The Bertz CT molecular complexity index is 752. The second-order valence-electron chi connectivity index (χ2n) is 7.62. The van der Waals surface area contributed by atoms with Crippen LogP contribution in [-0.4, -0.2) is 29.9 Å². The molecule has 1 atom stereocenters. The van der Waals surface area contributed by atoms with Gasteiger partial charge in [0.25, 0.3) is 0 Å². The Kier molecular flexibility index (Phi) is 7.24. The number of benzene rings is 2. The minimum absolute atomic E-state index is 0.0185. The van der Waals surface area contributed by atoms with Crippen LogP contribution in [-0.2, 0) is 16.1 Å². The number of amides is 1. The van der Waals surface area contributed by atoms with E-state index >= 15 is 0 Å². The van der Waals surface area contributed by atoms with Crippen molar-refractivity contribution in [2.75, 3.05) is 13.1 Å². The molecule has 0 radical (unpaired) electrons. The molecule has 4 nitrogen and oxygen atoms in total. The molecule has 0 bridgehead atoms. The summed E-state index contributed by atoms with van der Waals surface area (Å²) in [5, 5.41) is 0. The number of hydrogen-bond donors (Lipinski definition) is 0. The Morgan fingerprint density at radius 1 is 1.00 bits per heavy atom. The number of ether oxygens (including phenoxy) is 1. The SMILES string of the molecule is CC(=O)[C@H](CCC1CCN(C(=O)OCc2ccccc2)CC1)c1ccccc1. The Morgan fingerprint density at radius 3 is 2.21 bits per heavy atom. The van der Waals surface area contributed by atoms with E-state index in [-0.39, 0.29) is 17.8 Å². The quantitative estimate of drug-likeness (QED) is 0.665. The highest BCUT2D eigenvalue weighted by atomic mass is 16.6. The molecule has 1 heterocycles. The van der Waals surface area contributed by atoms with Crippen LogP contribution in [0, 0.1) is 5.92 Å². The van der Waals surface area contributed by atoms with E-state index in [2.05, 4.69) is 0 Å².